The minimum absolute atomic E-state index is 0.0452. The van der Waals surface area contributed by atoms with Gasteiger partial charge in [-0.15, -0.1) is 0 Å². The molecule has 1 aliphatic carbocycles. The van der Waals surface area contributed by atoms with Gasteiger partial charge in [-0.2, -0.15) is 0 Å². The van der Waals surface area contributed by atoms with E-state index in [1.807, 2.05) is 0 Å². The predicted octanol–water partition coefficient (Wildman–Crippen LogP) is 2.10. The molecule has 2 heterocycles. The highest BCUT2D eigenvalue weighted by molar-refractivity contribution is 7.99. The first-order chi connectivity index (χ1) is 9.70. The third-order valence-corrected chi connectivity index (χ3v) is 4.41. The number of nitrogens with one attached hydrogen (secondary N) is 1. The van der Waals surface area contributed by atoms with E-state index in [2.05, 4.69) is 20.2 Å². The van der Waals surface area contributed by atoms with E-state index < -0.39 is 0 Å². The van der Waals surface area contributed by atoms with E-state index in [-0.39, 0.29) is 5.91 Å². The zero-order chi connectivity index (χ0) is 13.9. The quantitative estimate of drug-likeness (QED) is 0.512. The second-order valence-corrected chi connectivity index (χ2v) is 6.49. The molecular formula is C13H17ClN4OS. The van der Waals surface area contributed by atoms with Crippen molar-refractivity contribution in [3.05, 3.63) is 11.2 Å². The van der Waals surface area contributed by atoms with E-state index >= 15 is 0 Å². The van der Waals surface area contributed by atoms with Crippen molar-refractivity contribution in [3.8, 4) is 0 Å². The number of nitrogens with zero attached hydrogens (tertiary/aromatic N) is 3. The van der Waals surface area contributed by atoms with Crippen LogP contribution in [0.2, 0.25) is 5.15 Å². The molecule has 0 radical (unpaired) electrons. The lowest BCUT2D eigenvalue weighted by Gasteiger charge is -2.16. The summed E-state index contributed by atoms with van der Waals surface area (Å²) < 4.78 is 0. The van der Waals surface area contributed by atoms with Crippen molar-refractivity contribution in [2.45, 2.75) is 36.9 Å². The summed E-state index contributed by atoms with van der Waals surface area (Å²) in [7, 11) is 0. The molecular weight excluding hydrogens is 296 g/mol. The third kappa shape index (κ3) is 3.76. The van der Waals surface area contributed by atoms with Crippen LogP contribution in [0.4, 0.5) is 5.82 Å². The van der Waals surface area contributed by atoms with Gasteiger partial charge in [-0.3, -0.25) is 4.79 Å². The van der Waals surface area contributed by atoms with Gasteiger partial charge in [0, 0.05) is 25.2 Å². The van der Waals surface area contributed by atoms with Crippen molar-refractivity contribution >= 4 is 35.1 Å². The molecule has 0 unspecified atom stereocenters. The number of amides is 1. The van der Waals surface area contributed by atoms with Crippen LogP contribution in [0.1, 0.15) is 25.7 Å². The van der Waals surface area contributed by atoms with Crippen LogP contribution >= 0.6 is 23.4 Å². The van der Waals surface area contributed by atoms with Crippen LogP contribution in [-0.4, -0.2) is 40.8 Å². The van der Waals surface area contributed by atoms with E-state index in [4.69, 9.17) is 11.6 Å². The summed E-state index contributed by atoms with van der Waals surface area (Å²) >= 11 is 7.39. The number of carbonyl (C=O) groups is 1. The number of halogens is 1. The van der Waals surface area contributed by atoms with Gasteiger partial charge in [0.1, 0.15) is 11.0 Å². The monoisotopic (exact) mass is 312 g/mol. The molecule has 0 spiro atoms. The Morgan fingerprint density at radius 3 is 2.85 bits per heavy atom. The molecule has 1 amide bonds. The van der Waals surface area contributed by atoms with E-state index in [1.165, 1.54) is 24.6 Å². The normalized spacial score (nSPS) is 18.4. The summed E-state index contributed by atoms with van der Waals surface area (Å²) in [4.78, 5) is 22.6. The summed E-state index contributed by atoms with van der Waals surface area (Å²) in [6.07, 6.45) is 4.58. The van der Waals surface area contributed by atoms with Crippen molar-refractivity contribution in [3.63, 3.8) is 0 Å². The summed E-state index contributed by atoms with van der Waals surface area (Å²) in [6, 6.07) is 2.19. The van der Waals surface area contributed by atoms with E-state index in [0.717, 1.165) is 31.7 Å². The molecule has 1 aromatic rings. The third-order valence-electron chi connectivity index (χ3n) is 3.37. The van der Waals surface area contributed by atoms with Crippen molar-refractivity contribution in [2.24, 2.45) is 0 Å². The molecule has 1 aromatic heterocycles. The average Bonchev–Trinajstić information content (AvgIpc) is 3.06. The van der Waals surface area contributed by atoms with Crippen LogP contribution in [-0.2, 0) is 4.79 Å². The van der Waals surface area contributed by atoms with E-state index in [0.29, 0.717) is 22.1 Å². The van der Waals surface area contributed by atoms with Gasteiger partial charge in [0.05, 0.1) is 5.75 Å². The number of thioether (sulfide) groups is 1. The second-order valence-electron chi connectivity index (χ2n) is 5.16. The molecule has 0 bridgehead atoms. The van der Waals surface area contributed by atoms with Crippen molar-refractivity contribution < 1.29 is 4.79 Å². The number of hydrogen-bond donors (Lipinski definition) is 1. The molecule has 1 N–H and O–H groups in total. The minimum Gasteiger partial charge on any atom is -0.356 e. The zero-order valence-corrected chi connectivity index (χ0v) is 12.7. The first kappa shape index (κ1) is 13.9. The Morgan fingerprint density at radius 2 is 2.15 bits per heavy atom. The highest BCUT2D eigenvalue weighted by Crippen LogP contribution is 2.24. The lowest BCUT2D eigenvalue weighted by molar-refractivity contribution is -0.118. The Morgan fingerprint density at radius 1 is 1.40 bits per heavy atom. The van der Waals surface area contributed by atoms with Gasteiger partial charge in [-0.05, 0) is 25.7 Å². The highest BCUT2D eigenvalue weighted by atomic mass is 35.5. The second kappa shape index (κ2) is 6.18. The molecule has 20 heavy (non-hydrogen) atoms. The van der Waals surface area contributed by atoms with Crippen molar-refractivity contribution in [1.82, 2.24) is 15.3 Å². The Kier molecular flexibility index (Phi) is 4.31. The number of carbonyl (C=O) groups excluding carboxylic acids is 1. The number of rotatable bonds is 5. The molecule has 2 fully saturated rings. The zero-order valence-electron chi connectivity index (χ0n) is 11.1. The largest absolute Gasteiger partial charge is 0.356 e. The Labute approximate surface area is 127 Å². The van der Waals surface area contributed by atoms with Crippen LogP contribution in [0.15, 0.2) is 11.2 Å². The van der Waals surface area contributed by atoms with Crippen molar-refractivity contribution in [2.75, 3.05) is 23.7 Å². The van der Waals surface area contributed by atoms with Crippen LogP contribution in [0.5, 0.6) is 0 Å². The Balaban J connectivity index is 1.61. The summed E-state index contributed by atoms with van der Waals surface area (Å²) in [6.45, 7) is 2.03. The first-order valence-electron chi connectivity index (χ1n) is 6.92. The highest BCUT2D eigenvalue weighted by Gasteiger charge is 2.23. The molecule has 0 aromatic carbocycles. The first-order valence-corrected chi connectivity index (χ1v) is 8.29. The molecule has 5 nitrogen and oxygen atoms in total. The van der Waals surface area contributed by atoms with Gasteiger partial charge in [0.2, 0.25) is 5.91 Å². The molecule has 3 rings (SSSR count). The predicted molar refractivity (Wildman–Crippen MR) is 80.4 cm³/mol. The van der Waals surface area contributed by atoms with E-state index in [1.54, 1.807) is 6.07 Å². The number of anilines is 1. The molecule has 2 aliphatic rings. The smallest absolute Gasteiger partial charge is 0.230 e. The average molecular weight is 313 g/mol. The van der Waals surface area contributed by atoms with Crippen molar-refractivity contribution in [1.29, 1.82) is 0 Å². The maximum absolute atomic E-state index is 11.7. The summed E-state index contributed by atoms with van der Waals surface area (Å²) in [5.74, 6) is 1.26. The van der Waals surface area contributed by atoms with Gasteiger partial charge < -0.3 is 10.2 Å². The molecule has 0 atom stereocenters. The Hall–Kier alpha value is -1.01. The fourth-order valence-corrected chi connectivity index (χ4v) is 3.08. The number of aromatic nitrogens is 2. The SMILES string of the molecule is O=C(CSc1nc(Cl)cc(N2CCCC2)n1)NC1CC1. The molecule has 1 saturated carbocycles. The lowest BCUT2D eigenvalue weighted by Crippen LogP contribution is -2.27. The Bertz CT molecular complexity index is 503. The minimum atomic E-state index is 0.0452. The summed E-state index contributed by atoms with van der Waals surface area (Å²) in [5, 5.41) is 3.96. The van der Waals surface area contributed by atoms with Gasteiger partial charge >= 0.3 is 0 Å². The van der Waals surface area contributed by atoms with Gasteiger partial charge in [0.25, 0.3) is 0 Å². The maximum Gasteiger partial charge on any atom is 0.230 e. The van der Waals surface area contributed by atoms with Crippen LogP contribution in [0, 0.1) is 0 Å². The van der Waals surface area contributed by atoms with Crippen LogP contribution in [0.3, 0.4) is 0 Å². The molecule has 1 saturated heterocycles. The number of hydrogen-bond acceptors (Lipinski definition) is 5. The topological polar surface area (TPSA) is 58.1 Å². The summed E-state index contributed by atoms with van der Waals surface area (Å²) in [5.41, 5.74) is 0. The van der Waals surface area contributed by atoms with Gasteiger partial charge in [0.15, 0.2) is 5.16 Å². The standard InChI is InChI=1S/C13H17ClN4OS/c14-10-7-11(18-5-1-2-6-18)17-13(16-10)20-8-12(19)15-9-3-4-9/h7,9H,1-6,8H2,(H,15,19). The lowest BCUT2D eigenvalue weighted by atomic mass is 10.4. The van der Waals surface area contributed by atoms with Crippen LogP contribution in [0.25, 0.3) is 0 Å². The van der Waals surface area contributed by atoms with Gasteiger partial charge in [-0.25, -0.2) is 9.97 Å². The molecule has 7 heteroatoms. The van der Waals surface area contributed by atoms with Crippen LogP contribution < -0.4 is 10.2 Å². The van der Waals surface area contributed by atoms with Gasteiger partial charge in [-0.1, -0.05) is 23.4 Å². The van der Waals surface area contributed by atoms with E-state index in [9.17, 15) is 4.79 Å². The molecule has 1 aliphatic heterocycles. The maximum atomic E-state index is 11.7. The molecule has 108 valence electrons. The fraction of sp³-hybridized carbons (Fsp3) is 0.615. The fourth-order valence-electron chi connectivity index (χ4n) is 2.19.